The Morgan fingerprint density at radius 2 is 1.62 bits per heavy atom. The molecule has 0 unspecified atom stereocenters. The van der Waals surface area contributed by atoms with Crippen LogP contribution < -0.4 is 14.8 Å². The number of nitrogens with one attached hydrogen (secondary N) is 1. The smallest absolute Gasteiger partial charge is 0.223 e. The molecule has 0 aromatic heterocycles. The van der Waals surface area contributed by atoms with Crippen LogP contribution in [0.5, 0.6) is 11.5 Å². The molecule has 134 valence electrons. The van der Waals surface area contributed by atoms with Gasteiger partial charge in [0.25, 0.3) is 0 Å². The van der Waals surface area contributed by atoms with Crippen molar-refractivity contribution in [2.75, 3.05) is 13.7 Å². The number of amides is 1. The van der Waals surface area contributed by atoms with Crippen LogP contribution in [0, 0.1) is 6.92 Å². The Morgan fingerprint density at radius 1 is 0.923 bits per heavy atom. The highest BCUT2D eigenvalue weighted by Crippen LogP contribution is 2.21. The minimum absolute atomic E-state index is 0.0214. The Hall–Kier alpha value is -3.01. The molecule has 4 nitrogen and oxygen atoms in total. The Morgan fingerprint density at radius 3 is 2.38 bits per heavy atom. The SMILES string of the molecule is COc1ccc2cc(CNC(=O)CCOc3ccc(C)cc3)ccc2c1. The normalized spacial score (nSPS) is 10.5. The summed E-state index contributed by atoms with van der Waals surface area (Å²) in [4.78, 5) is 12.0. The van der Waals surface area contributed by atoms with E-state index in [1.54, 1.807) is 7.11 Å². The standard InChI is InChI=1S/C22H23NO3/c1-16-3-8-20(9-4-16)26-12-11-22(24)23-15-17-5-6-19-14-21(25-2)10-7-18(19)13-17/h3-10,13-14H,11-12,15H2,1-2H3,(H,23,24). The number of methoxy groups -OCH3 is 1. The minimum Gasteiger partial charge on any atom is -0.497 e. The van der Waals surface area contributed by atoms with E-state index in [9.17, 15) is 4.79 Å². The molecule has 0 spiro atoms. The van der Waals surface area contributed by atoms with Gasteiger partial charge in [0.2, 0.25) is 5.91 Å². The van der Waals surface area contributed by atoms with Crippen molar-refractivity contribution in [2.45, 2.75) is 19.9 Å². The lowest BCUT2D eigenvalue weighted by molar-refractivity contribution is -0.121. The van der Waals surface area contributed by atoms with Crippen LogP contribution in [0.1, 0.15) is 17.5 Å². The summed E-state index contributed by atoms with van der Waals surface area (Å²) >= 11 is 0. The third-order valence-corrected chi connectivity index (χ3v) is 4.22. The van der Waals surface area contributed by atoms with Crippen molar-refractivity contribution in [2.24, 2.45) is 0 Å². The van der Waals surface area contributed by atoms with Crippen LogP contribution in [-0.4, -0.2) is 19.6 Å². The second kappa shape index (κ2) is 8.39. The van der Waals surface area contributed by atoms with Gasteiger partial charge in [0, 0.05) is 6.54 Å². The molecule has 3 aromatic carbocycles. The number of hydrogen-bond donors (Lipinski definition) is 1. The van der Waals surface area contributed by atoms with E-state index in [0.717, 1.165) is 27.8 Å². The molecule has 3 rings (SSSR count). The fourth-order valence-corrected chi connectivity index (χ4v) is 2.70. The molecule has 0 bridgehead atoms. The summed E-state index contributed by atoms with van der Waals surface area (Å²) in [6, 6.07) is 19.9. The predicted octanol–water partition coefficient (Wildman–Crippen LogP) is 4.24. The molecular formula is C22H23NO3. The van der Waals surface area contributed by atoms with E-state index in [-0.39, 0.29) is 5.91 Å². The van der Waals surface area contributed by atoms with Gasteiger partial charge in [-0.3, -0.25) is 4.79 Å². The monoisotopic (exact) mass is 349 g/mol. The van der Waals surface area contributed by atoms with Crippen LogP contribution in [0.25, 0.3) is 10.8 Å². The predicted molar refractivity (Wildman–Crippen MR) is 104 cm³/mol. The zero-order valence-electron chi connectivity index (χ0n) is 15.1. The average molecular weight is 349 g/mol. The topological polar surface area (TPSA) is 47.6 Å². The van der Waals surface area contributed by atoms with Crippen LogP contribution in [-0.2, 0) is 11.3 Å². The van der Waals surface area contributed by atoms with Crippen molar-refractivity contribution in [3.8, 4) is 11.5 Å². The highest BCUT2D eigenvalue weighted by atomic mass is 16.5. The molecule has 0 aliphatic carbocycles. The van der Waals surface area contributed by atoms with Crippen LogP contribution in [0.15, 0.2) is 60.7 Å². The summed E-state index contributed by atoms with van der Waals surface area (Å²) in [6.45, 7) is 2.90. The molecule has 0 aliphatic heterocycles. The highest BCUT2D eigenvalue weighted by Gasteiger charge is 2.04. The van der Waals surface area contributed by atoms with Crippen LogP contribution in [0.3, 0.4) is 0 Å². The molecule has 1 N–H and O–H groups in total. The van der Waals surface area contributed by atoms with Gasteiger partial charge in [-0.1, -0.05) is 35.9 Å². The van der Waals surface area contributed by atoms with Gasteiger partial charge in [-0.2, -0.15) is 0 Å². The number of carbonyl (C=O) groups excluding carboxylic acids is 1. The summed E-state index contributed by atoms with van der Waals surface area (Å²) in [5, 5.41) is 5.18. The first-order valence-corrected chi connectivity index (χ1v) is 8.67. The van der Waals surface area contributed by atoms with Crippen molar-refractivity contribution < 1.29 is 14.3 Å². The van der Waals surface area contributed by atoms with E-state index in [2.05, 4.69) is 11.4 Å². The Bertz CT molecular complexity index is 888. The molecule has 0 atom stereocenters. The van der Waals surface area contributed by atoms with Crippen molar-refractivity contribution in [3.05, 3.63) is 71.8 Å². The lowest BCUT2D eigenvalue weighted by Crippen LogP contribution is -2.24. The number of benzene rings is 3. The largest absolute Gasteiger partial charge is 0.497 e. The molecule has 1 amide bonds. The zero-order valence-corrected chi connectivity index (χ0v) is 15.1. The van der Waals surface area contributed by atoms with Crippen molar-refractivity contribution >= 4 is 16.7 Å². The first kappa shape index (κ1) is 17.8. The fraction of sp³-hybridized carbons (Fsp3) is 0.227. The van der Waals surface area contributed by atoms with E-state index in [1.165, 1.54) is 5.56 Å². The second-order valence-electron chi connectivity index (χ2n) is 6.24. The van der Waals surface area contributed by atoms with E-state index >= 15 is 0 Å². The minimum atomic E-state index is -0.0214. The second-order valence-corrected chi connectivity index (χ2v) is 6.24. The molecule has 0 saturated heterocycles. The van der Waals surface area contributed by atoms with E-state index < -0.39 is 0 Å². The van der Waals surface area contributed by atoms with E-state index in [4.69, 9.17) is 9.47 Å². The molecule has 0 radical (unpaired) electrons. The van der Waals surface area contributed by atoms with Crippen molar-refractivity contribution in [1.29, 1.82) is 0 Å². The lowest BCUT2D eigenvalue weighted by Gasteiger charge is -2.09. The van der Waals surface area contributed by atoms with Gasteiger partial charge < -0.3 is 14.8 Å². The number of rotatable bonds is 7. The molecule has 0 aliphatic rings. The van der Waals surface area contributed by atoms with Gasteiger partial charge in [0.1, 0.15) is 11.5 Å². The molecule has 3 aromatic rings. The van der Waals surface area contributed by atoms with Gasteiger partial charge in [-0.15, -0.1) is 0 Å². The van der Waals surface area contributed by atoms with Crippen LogP contribution >= 0.6 is 0 Å². The van der Waals surface area contributed by atoms with Gasteiger partial charge in [-0.05, 0) is 53.6 Å². The maximum atomic E-state index is 12.0. The highest BCUT2D eigenvalue weighted by molar-refractivity contribution is 5.84. The molecular weight excluding hydrogens is 326 g/mol. The Labute approximate surface area is 153 Å². The maximum absolute atomic E-state index is 12.0. The summed E-state index contributed by atoms with van der Waals surface area (Å²) in [5.41, 5.74) is 2.25. The first-order chi connectivity index (χ1) is 12.6. The number of fused-ring (bicyclic) bond motifs is 1. The third-order valence-electron chi connectivity index (χ3n) is 4.22. The summed E-state index contributed by atoms with van der Waals surface area (Å²) in [6.07, 6.45) is 0.332. The number of carbonyl (C=O) groups is 1. The van der Waals surface area contributed by atoms with Gasteiger partial charge in [0.05, 0.1) is 20.1 Å². The summed E-state index contributed by atoms with van der Waals surface area (Å²) in [7, 11) is 1.66. The molecule has 26 heavy (non-hydrogen) atoms. The van der Waals surface area contributed by atoms with Gasteiger partial charge in [-0.25, -0.2) is 0 Å². The maximum Gasteiger partial charge on any atom is 0.223 e. The number of ether oxygens (including phenoxy) is 2. The number of hydrogen-bond acceptors (Lipinski definition) is 3. The summed E-state index contributed by atoms with van der Waals surface area (Å²) in [5.74, 6) is 1.60. The lowest BCUT2D eigenvalue weighted by atomic mass is 10.1. The summed E-state index contributed by atoms with van der Waals surface area (Å²) < 4.78 is 10.8. The molecule has 4 heteroatoms. The van der Waals surface area contributed by atoms with Gasteiger partial charge >= 0.3 is 0 Å². The fourth-order valence-electron chi connectivity index (χ4n) is 2.70. The van der Waals surface area contributed by atoms with Crippen molar-refractivity contribution in [1.82, 2.24) is 5.32 Å². The Balaban J connectivity index is 1.47. The first-order valence-electron chi connectivity index (χ1n) is 8.67. The molecule has 0 saturated carbocycles. The van der Waals surface area contributed by atoms with Crippen molar-refractivity contribution in [3.63, 3.8) is 0 Å². The van der Waals surface area contributed by atoms with Crippen LogP contribution in [0.2, 0.25) is 0 Å². The van der Waals surface area contributed by atoms with E-state index in [0.29, 0.717) is 19.6 Å². The quantitative estimate of drug-likeness (QED) is 0.694. The van der Waals surface area contributed by atoms with Crippen LogP contribution in [0.4, 0.5) is 0 Å². The Kier molecular flexibility index (Phi) is 5.74. The van der Waals surface area contributed by atoms with E-state index in [1.807, 2.05) is 61.5 Å². The van der Waals surface area contributed by atoms with Gasteiger partial charge in [0.15, 0.2) is 0 Å². The zero-order chi connectivity index (χ0) is 18.4. The molecule has 0 fully saturated rings. The number of aryl methyl sites for hydroxylation is 1. The third kappa shape index (κ3) is 4.76. The molecule has 0 heterocycles. The average Bonchev–Trinajstić information content (AvgIpc) is 2.67.